The fraction of sp³-hybridized carbons (Fsp3) is 0.400. The van der Waals surface area contributed by atoms with Gasteiger partial charge in [-0.3, -0.25) is 24.6 Å². The quantitative estimate of drug-likeness (QED) is 0.622. The maximum absolute atomic E-state index is 16.0. The second kappa shape index (κ2) is 9.52. The third-order valence-corrected chi connectivity index (χ3v) is 4.23. The second-order valence-corrected chi connectivity index (χ2v) is 6.35. The smallest absolute Gasteiger partial charge is 0.255 e. The Kier molecular flexibility index (Phi) is 2.20. The number of halogens is 1. The van der Waals surface area contributed by atoms with Crippen molar-refractivity contribution in [1.29, 1.82) is 0 Å². The van der Waals surface area contributed by atoms with Gasteiger partial charge in [0, 0.05) is 56.3 Å². The van der Waals surface area contributed by atoms with E-state index in [0.717, 1.165) is 0 Å². The summed E-state index contributed by atoms with van der Waals surface area (Å²) < 4.78 is 225. The molecule has 1 N–H and O–H groups in total. The number of ether oxygens (including phenoxy) is 2. The molecule has 1 unspecified atom stereocenters. The molecule has 2 aromatic carbocycles. The molecule has 0 aromatic heterocycles. The van der Waals surface area contributed by atoms with E-state index in [0.29, 0.717) is 0 Å². The van der Waals surface area contributed by atoms with Crippen molar-refractivity contribution in [3.05, 3.63) is 64.3 Å². The summed E-state index contributed by atoms with van der Waals surface area (Å²) in [6.07, 6.45) is -7.40. The van der Waals surface area contributed by atoms with Gasteiger partial charge in [-0.25, -0.2) is 4.39 Å². The molecular weight excluding hydrogens is 441 g/mol. The zero-order valence-electron chi connectivity index (χ0n) is 40.4. The van der Waals surface area contributed by atoms with Crippen LogP contribution in [-0.2, 0) is 33.9 Å². The Morgan fingerprint density at radius 1 is 1.24 bits per heavy atom. The minimum atomic E-state index is -4.22. The van der Waals surface area contributed by atoms with Gasteiger partial charge in [-0.1, -0.05) is 12.1 Å². The van der Waals surface area contributed by atoms with Crippen molar-refractivity contribution < 1.29 is 61.1 Å². The molecule has 0 aliphatic carbocycles. The van der Waals surface area contributed by atoms with Crippen LogP contribution in [0.15, 0.2) is 36.3 Å². The van der Waals surface area contributed by atoms with E-state index in [2.05, 4.69) is 4.74 Å². The highest BCUT2D eigenvalue weighted by atomic mass is 19.1. The highest BCUT2D eigenvalue weighted by Gasteiger charge is 2.40. The van der Waals surface area contributed by atoms with Gasteiger partial charge in [0.25, 0.3) is 5.91 Å². The van der Waals surface area contributed by atoms with Crippen molar-refractivity contribution in [2.45, 2.75) is 38.3 Å². The van der Waals surface area contributed by atoms with Crippen LogP contribution in [0.25, 0.3) is 0 Å². The molecule has 0 bridgehead atoms. The summed E-state index contributed by atoms with van der Waals surface area (Å²) in [7, 11) is 0. The van der Waals surface area contributed by atoms with Crippen LogP contribution in [0.3, 0.4) is 0 Å². The largest absolute Gasteiger partial charge is 0.488 e. The summed E-state index contributed by atoms with van der Waals surface area (Å²) in [4.78, 5) is 37.9. The molecule has 9 heteroatoms. The number of fused-ring (bicyclic) bond motifs is 1. The highest BCUT2D eigenvalue weighted by Crippen LogP contribution is 2.34. The zero-order valence-corrected chi connectivity index (χ0v) is 16.4. The summed E-state index contributed by atoms with van der Waals surface area (Å²) in [6, 6.07) is -12.5. The number of rotatable bonds is 6. The average Bonchev–Trinajstić information content (AvgIpc) is 3.22. The molecular formula is C25H26FN3O5. The minimum absolute atomic E-state index is 0.307. The van der Waals surface area contributed by atoms with Gasteiger partial charge in [-0.15, -0.1) is 0 Å². The molecule has 0 spiro atoms. The predicted molar refractivity (Wildman–Crippen MR) is 119 cm³/mol. The van der Waals surface area contributed by atoms with Gasteiger partial charge in [0.05, 0.1) is 38.8 Å². The number of carbonyl (C=O) groups excluding carboxylic acids is 3. The molecule has 178 valence electrons. The lowest BCUT2D eigenvalue weighted by atomic mass is 10.0. The van der Waals surface area contributed by atoms with Gasteiger partial charge in [-0.2, -0.15) is 0 Å². The van der Waals surface area contributed by atoms with Crippen molar-refractivity contribution in [1.82, 2.24) is 15.1 Å². The van der Waals surface area contributed by atoms with Crippen molar-refractivity contribution in [3.8, 4) is 5.75 Å². The molecule has 3 amide bonds. The van der Waals surface area contributed by atoms with Crippen molar-refractivity contribution >= 4 is 17.7 Å². The Labute approximate surface area is 230 Å². The highest BCUT2D eigenvalue weighted by molar-refractivity contribution is 6.05. The van der Waals surface area contributed by atoms with E-state index >= 15 is 4.39 Å². The summed E-state index contributed by atoms with van der Waals surface area (Å²) in [5.41, 5.74) is -6.49. The number of nitrogens with one attached hydrogen (secondary N) is 1. The first-order valence-electron chi connectivity index (χ1n) is 21.1. The van der Waals surface area contributed by atoms with Gasteiger partial charge in [-0.05, 0) is 36.1 Å². The maximum Gasteiger partial charge on any atom is 0.255 e. The average molecular weight is 492 g/mol. The van der Waals surface area contributed by atoms with Gasteiger partial charge < -0.3 is 14.4 Å². The Bertz CT molecular complexity index is 2170. The molecule has 0 saturated carbocycles. The summed E-state index contributed by atoms with van der Waals surface area (Å²) in [5, 5.41) is 1.44. The molecule has 2 fully saturated rings. The Morgan fingerprint density at radius 3 is 2.88 bits per heavy atom. The molecule has 34 heavy (non-hydrogen) atoms. The molecule has 3 heterocycles. The first kappa shape index (κ1) is 7.86. The van der Waals surface area contributed by atoms with E-state index < -0.39 is 157 Å². The Hall–Kier alpha value is -3.30. The number of piperidine rings is 1. The second-order valence-electron chi connectivity index (χ2n) is 6.35. The lowest BCUT2D eigenvalue weighted by Crippen LogP contribution is -2.52. The first-order valence-corrected chi connectivity index (χ1v) is 9.07. The minimum Gasteiger partial charge on any atom is -0.488 e. The van der Waals surface area contributed by atoms with Gasteiger partial charge in [0.1, 0.15) is 24.2 Å². The van der Waals surface area contributed by atoms with Gasteiger partial charge in [0.2, 0.25) is 11.8 Å². The zero-order chi connectivity index (χ0) is 45.0. The van der Waals surface area contributed by atoms with Crippen molar-refractivity contribution in [3.63, 3.8) is 0 Å². The third kappa shape index (κ3) is 4.53. The van der Waals surface area contributed by atoms with Crippen molar-refractivity contribution in [2.75, 3.05) is 26.1 Å². The number of imide groups is 1. The lowest BCUT2D eigenvalue weighted by molar-refractivity contribution is -0.136. The van der Waals surface area contributed by atoms with Crippen LogP contribution in [0.2, 0.25) is 0 Å². The van der Waals surface area contributed by atoms with Crippen LogP contribution in [-0.4, -0.2) is 59.7 Å². The number of hydrogen-bond donors (Lipinski definition) is 1. The van der Waals surface area contributed by atoms with Crippen LogP contribution in [0.1, 0.15) is 72.7 Å². The van der Waals surface area contributed by atoms with Crippen LogP contribution in [0.4, 0.5) is 4.39 Å². The molecule has 2 aromatic rings. The molecule has 1 atom stereocenters. The molecule has 3 aliphatic heterocycles. The fourth-order valence-electron chi connectivity index (χ4n) is 2.78. The Balaban J connectivity index is 1.75. The topological polar surface area (TPSA) is 88.2 Å². The number of carbonyl (C=O) groups is 3. The van der Waals surface area contributed by atoms with E-state index in [1.54, 1.807) is 0 Å². The summed E-state index contributed by atoms with van der Waals surface area (Å²) in [5.74, 6) is -9.31. The van der Waals surface area contributed by atoms with Crippen LogP contribution in [0.5, 0.6) is 5.75 Å². The van der Waals surface area contributed by atoms with Gasteiger partial charge in [0.15, 0.2) is 0 Å². The molecule has 3 aliphatic rings. The standard InChI is InChI=1S/C25H26FN3O5/c26-20-5-4-16(13-28-8-10-33-11-9-28)12-17(20)15-34-22-3-1-2-18-19(22)14-29(25(18)32)21-6-7-23(30)27-24(21)31/h1-5,12,21H,6-11,13-15H2,(H,27,30,31)/i1D,2D,3D,4D,5D,6D2,7D2,8D2,9D2,10D2,11D2,12D,13D2,14D2,15D2. The predicted octanol–water partition coefficient (Wildman–Crippen LogP) is 2.00. The van der Waals surface area contributed by atoms with Crippen LogP contribution >= 0.6 is 0 Å². The molecule has 2 saturated heterocycles. The van der Waals surface area contributed by atoms with Crippen molar-refractivity contribution in [2.24, 2.45) is 0 Å². The normalized spacial score (nSPS) is 42.4. The maximum atomic E-state index is 16.0. The number of hydrogen-bond acceptors (Lipinski definition) is 6. The number of morpholine rings is 1. The lowest BCUT2D eigenvalue weighted by Gasteiger charge is -2.29. The number of nitrogens with zero attached hydrogens (tertiary/aromatic N) is 2. The summed E-state index contributed by atoms with van der Waals surface area (Å²) in [6.45, 7) is -28.2. The fourth-order valence-corrected chi connectivity index (χ4v) is 2.78. The van der Waals surface area contributed by atoms with Crippen LogP contribution < -0.4 is 10.1 Å². The third-order valence-electron chi connectivity index (χ3n) is 4.23. The number of benzene rings is 2. The van der Waals surface area contributed by atoms with E-state index in [4.69, 9.17) is 37.6 Å². The first-order chi connectivity index (χ1) is 25.7. The molecule has 5 rings (SSSR count). The van der Waals surface area contributed by atoms with Crippen LogP contribution in [0, 0.1) is 5.82 Å². The number of amides is 3. The summed E-state index contributed by atoms with van der Waals surface area (Å²) >= 11 is 0. The van der Waals surface area contributed by atoms with E-state index in [-0.39, 0.29) is 4.90 Å². The van der Waals surface area contributed by atoms with Gasteiger partial charge >= 0.3 is 0 Å². The molecule has 8 nitrogen and oxygen atoms in total. The van der Waals surface area contributed by atoms with E-state index in [1.807, 2.05) is 0 Å². The Morgan fingerprint density at radius 2 is 2.06 bits per heavy atom. The van der Waals surface area contributed by atoms with E-state index in [1.165, 1.54) is 5.32 Å². The van der Waals surface area contributed by atoms with E-state index in [9.17, 15) is 14.4 Å². The molecule has 0 radical (unpaired) electrons. The SMILES string of the molecule is [2H]c1c([2H])c(OC([2H])([2H])c2c([2H])c(C([2H])([2H])N3C([2H])([2H])C([2H])([2H])OC([2H])([2H])C3([2H])[2H])c([2H])c([2H])c2F)c2c(c1[2H])C(=O)N(C1C(=O)NC(=O)C([2H])([2H])C1([2H])[2H])C2([2H])[2H]. The monoisotopic (exact) mass is 491 g/mol.